The van der Waals surface area contributed by atoms with E-state index in [9.17, 15) is 19.5 Å². The number of carbonyl (C=O) groups excluding carboxylic acids is 3. The molecule has 166 valence electrons. The molecule has 1 fully saturated rings. The van der Waals surface area contributed by atoms with Crippen molar-refractivity contribution in [3.05, 3.63) is 23.3 Å². The topological polar surface area (TPSA) is 92.7 Å². The summed E-state index contributed by atoms with van der Waals surface area (Å²) in [6, 6.07) is -0.0692. The van der Waals surface area contributed by atoms with Gasteiger partial charge in [0, 0.05) is 30.7 Å². The van der Waals surface area contributed by atoms with E-state index in [1.165, 1.54) is 5.57 Å². The van der Waals surface area contributed by atoms with E-state index in [2.05, 4.69) is 39.1 Å². The van der Waals surface area contributed by atoms with Crippen LogP contribution in [0.4, 0.5) is 0 Å². The first-order valence-electron chi connectivity index (χ1n) is 11.2. The molecule has 2 N–H and O–H groups in total. The maximum Gasteiger partial charge on any atom is 0.307 e. The Morgan fingerprint density at radius 3 is 2.53 bits per heavy atom. The zero-order chi connectivity index (χ0) is 22.2. The van der Waals surface area contributed by atoms with Gasteiger partial charge in [0.1, 0.15) is 6.10 Å². The minimum atomic E-state index is -1.29. The molecule has 2 aliphatic heterocycles. The number of rotatable bonds is 2. The second-order valence-corrected chi connectivity index (χ2v) is 9.76. The van der Waals surface area contributed by atoms with Crippen LogP contribution >= 0.6 is 0 Å². The lowest BCUT2D eigenvalue weighted by Gasteiger charge is -2.45. The van der Waals surface area contributed by atoms with Crippen molar-refractivity contribution in [2.75, 3.05) is 0 Å². The molecular formula is C24H35NO5. The van der Waals surface area contributed by atoms with Gasteiger partial charge in [0.2, 0.25) is 5.60 Å². The third-order valence-corrected chi connectivity index (χ3v) is 7.03. The number of ketones is 1. The lowest BCUT2D eigenvalue weighted by Crippen LogP contribution is -2.56. The molecule has 0 radical (unpaired) electrons. The summed E-state index contributed by atoms with van der Waals surface area (Å²) in [5, 5.41) is 13.2. The number of hydrogen-bond acceptors (Lipinski definition) is 5. The number of esters is 1. The molecule has 6 atom stereocenters. The molecule has 1 aliphatic carbocycles. The molecular weight excluding hydrogens is 382 g/mol. The molecule has 3 rings (SSSR count). The van der Waals surface area contributed by atoms with Crippen molar-refractivity contribution >= 4 is 17.7 Å². The SMILES string of the molecule is CC1=CC2/C=C(/C)CCC(=O)C(O)CCC(=O)OC23C(=O)NC(CC(C)C)C3C1C. The van der Waals surface area contributed by atoms with Gasteiger partial charge in [-0.25, -0.2) is 0 Å². The van der Waals surface area contributed by atoms with Crippen LogP contribution in [0, 0.1) is 23.7 Å². The number of allylic oxidation sites excluding steroid dienone is 2. The van der Waals surface area contributed by atoms with Crippen LogP contribution in [0.5, 0.6) is 0 Å². The number of Topliss-reactive ketones (excluding diaryl/α,β-unsaturated/α-hetero) is 1. The third kappa shape index (κ3) is 4.11. The van der Waals surface area contributed by atoms with Gasteiger partial charge in [0.05, 0.1) is 0 Å². The Labute approximate surface area is 179 Å². The summed E-state index contributed by atoms with van der Waals surface area (Å²) < 4.78 is 6.05. The fourth-order valence-electron chi connectivity index (χ4n) is 5.36. The van der Waals surface area contributed by atoms with E-state index in [0.717, 1.165) is 12.0 Å². The van der Waals surface area contributed by atoms with Crippen molar-refractivity contribution in [2.24, 2.45) is 23.7 Å². The Morgan fingerprint density at radius 2 is 1.87 bits per heavy atom. The molecule has 0 bridgehead atoms. The summed E-state index contributed by atoms with van der Waals surface area (Å²) in [5.74, 6) is -1.09. The zero-order valence-electron chi connectivity index (χ0n) is 18.7. The Morgan fingerprint density at radius 1 is 1.17 bits per heavy atom. The van der Waals surface area contributed by atoms with Gasteiger partial charge in [-0.2, -0.15) is 0 Å². The Kier molecular flexibility index (Phi) is 6.56. The highest BCUT2D eigenvalue weighted by Gasteiger charge is 2.64. The van der Waals surface area contributed by atoms with Gasteiger partial charge in [0.15, 0.2) is 5.78 Å². The number of hydrogen-bond donors (Lipinski definition) is 2. The van der Waals surface area contributed by atoms with Crippen molar-refractivity contribution in [1.82, 2.24) is 5.32 Å². The smallest absolute Gasteiger partial charge is 0.307 e. The van der Waals surface area contributed by atoms with E-state index in [1.807, 2.05) is 13.0 Å². The highest BCUT2D eigenvalue weighted by atomic mass is 16.6. The largest absolute Gasteiger partial charge is 0.448 e. The van der Waals surface area contributed by atoms with Crippen molar-refractivity contribution < 1.29 is 24.2 Å². The quantitative estimate of drug-likeness (QED) is 0.532. The zero-order valence-corrected chi connectivity index (χ0v) is 18.7. The van der Waals surface area contributed by atoms with Crippen molar-refractivity contribution in [2.45, 2.75) is 84.5 Å². The van der Waals surface area contributed by atoms with Crippen molar-refractivity contribution in [1.29, 1.82) is 0 Å². The number of ether oxygens (including phenoxy) is 1. The van der Waals surface area contributed by atoms with E-state index in [-0.39, 0.29) is 54.7 Å². The molecule has 6 nitrogen and oxygen atoms in total. The van der Waals surface area contributed by atoms with Gasteiger partial charge in [-0.05, 0) is 44.9 Å². The minimum Gasteiger partial charge on any atom is -0.448 e. The van der Waals surface area contributed by atoms with Crippen molar-refractivity contribution in [3.63, 3.8) is 0 Å². The van der Waals surface area contributed by atoms with Gasteiger partial charge < -0.3 is 15.2 Å². The monoisotopic (exact) mass is 417 g/mol. The second kappa shape index (κ2) is 8.66. The first-order valence-corrected chi connectivity index (χ1v) is 11.2. The first kappa shape index (κ1) is 22.7. The van der Waals surface area contributed by atoms with Gasteiger partial charge >= 0.3 is 5.97 Å². The lowest BCUT2D eigenvalue weighted by atomic mass is 9.63. The molecule has 3 aliphatic rings. The number of carbonyl (C=O) groups is 3. The number of aliphatic hydroxyl groups is 1. The van der Waals surface area contributed by atoms with Crippen LogP contribution in [0.1, 0.15) is 66.7 Å². The van der Waals surface area contributed by atoms with Gasteiger partial charge in [-0.1, -0.05) is 44.1 Å². The van der Waals surface area contributed by atoms with E-state index in [1.54, 1.807) is 0 Å². The first-order chi connectivity index (χ1) is 14.1. The molecule has 30 heavy (non-hydrogen) atoms. The van der Waals surface area contributed by atoms with Crippen LogP contribution in [0.2, 0.25) is 0 Å². The van der Waals surface area contributed by atoms with Crippen LogP contribution in [0.15, 0.2) is 23.3 Å². The highest BCUT2D eigenvalue weighted by molar-refractivity contribution is 5.92. The van der Waals surface area contributed by atoms with Crippen LogP contribution in [0.25, 0.3) is 0 Å². The predicted molar refractivity (Wildman–Crippen MR) is 113 cm³/mol. The van der Waals surface area contributed by atoms with Gasteiger partial charge in [0.25, 0.3) is 5.91 Å². The van der Waals surface area contributed by atoms with Crippen molar-refractivity contribution in [3.8, 4) is 0 Å². The predicted octanol–water partition coefficient (Wildman–Crippen LogP) is 3.09. The summed E-state index contributed by atoms with van der Waals surface area (Å²) >= 11 is 0. The second-order valence-electron chi connectivity index (χ2n) is 9.76. The summed E-state index contributed by atoms with van der Waals surface area (Å²) in [6.07, 6.45) is 4.35. The van der Waals surface area contributed by atoms with Crippen LogP contribution in [-0.4, -0.2) is 40.5 Å². The molecule has 0 aromatic carbocycles. The number of nitrogens with one attached hydrogen (secondary N) is 1. The van der Waals surface area contributed by atoms with E-state index >= 15 is 0 Å². The number of aliphatic hydroxyl groups excluding tert-OH is 1. The average molecular weight is 418 g/mol. The summed E-state index contributed by atoms with van der Waals surface area (Å²) in [4.78, 5) is 38.4. The molecule has 0 aromatic rings. The summed E-state index contributed by atoms with van der Waals surface area (Å²) in [7, 11) is 0. The Hall–Kier alpha value is -1.95. The molecule has 1 spiro atoms. The van der Waals surface area contributed by atoms with Crippen LogP contribution in [0.3, 0.4) is 0 Å². The fourth-order valence-corrected chi connectivity index (χ4v) is 5.36. The van der Waals surface area contributed by atoms with E-state index in [4.69, 9.17) is 4.74 Å². The highest BCUT2D eigenvalue weighted by Crippen LogP contribution is 2.51. The minimum absolute atomic E-state index is 0.0211. The van der Waals surface area contributed by atoms with E-state index < -0.39 is 17.7 Å². The molecule has 0 aromatic heterocycles. The van der Waals surface area contributed by atoms with Gasteiger partial charge in [-0.15, -0.1) is 0 Å². The summed E-state index contributed by atoms with van der Waals surface area (Å²) in [6.45, 7) is 10.4. The van der Waals surface area contributed by atoms with E-state index in [0.29, 0.717) is 12.3 Å². The molecule has 1 saturated heterocycles. The average Bonchev–Trinajstić information content (AvgIpc) is 2.93. The lowest BCUT2D eigenvalue weighted by molar-refractivity contribution is -0.177. The molecule has 1 amide bonds. The molecule has 6 unspecified atom stereocenters. The standard InChI is InChI=1S/C24H35NO5/c1-13(2)10-18-22-16(5)15(4)12-17-11-14(3)6-7-19(26)20(27)8-9-21(28)30-24(17,22)23(29)25-18/h11-13,16-18,20,22,27H,6-10H2,1-5H3,(H,25,29)/b14-11-. The number of amides is 1. The maximum absolute atomic E-state index is 13.4. The molecule has 2 heterocycles. The molecule has 6 heteroatoms. The molecule has 0 saturated carbocycles. The Balaban J connectivity index is 2.11. The van der Waals surface area contributed by atoms with Crippen LogP contribution < -0.4 is 5.32 Å². The van der Waals surface area contributed by atoms with Crippen LogP contribution in [-0.2, 0) is 19.1 Å². The normalized spacial score (nSPS) is 39.6. The van der Waals surface area contributed by atoms with Gasteiger partial charge in [-0.3, -0.25) is 14.4 Å². The third-order valence-electron chi connectivity index (χ3n) is 7.03. The fraction of sp³-hybridized carbons (Fsp3) is 0.708. The summed E-state index contributed by atoms with van der Waals surface area (Å²) in [5.41, 5.74) is 0.851. The Bertz CT molecular complexity index is 782. The maximum atomic E-state index is 13.4.